The molecule has 21 heavy (non-hydrogen) atoms. The third kappa shape index (κ3) is 3.51. The Morgan fingerprint density at radius 1 is 1.24 bits per heavy atom. The Bertz CT molecular complexity index is 637. The van der Waals surface area contributed by atoms with E-state index in [2.05, 4.69) is 0 Å². The highest BCUT2D eigenvalue weighted by Gasteiger charge is 2.21. The van der Waals surface area contributed by atoms with Crippen LogP contribution in [0.3, 0.4) is 0 Å². The van der Waals surface area contributed by atoms with Crippen molar-refractivity contribution < 1.29 is 24.1 Å². The van der Waals surface area contributed by atoms with Gasteiger partial charge in [-0.3, -0.25) is 4.79 Å². The third-order valence-electron chi connectivity index (χ3n) is 3.25. The number of hydrogen-bond donors (Lipinski definition) is 2. The molecular weight excluding hydrogens is 275 g/mol. The number of benzene rings is 2. The van der Waals surface area contributed by atoms with Crippen molar-refractivity contribution >= 4 is 5.97 Å². The lowest BCUT2D eigenvalue weighted by atomic mass is 9.92. The smallest absolute Gasteiger partial charge is 0.311 e. The summed E-state index contributed by atoms with van der Waals surface area (Å²) in [5, 5.41) is 19.1. The number of ether oxygens (including phenoxy) is 1. The van der Waals surface area contributed by atoms with Gasteiger partial charge in [-0.15, -0.1) is 0 Å². The number of aromatic hydroxyl groups is 1. The number of phenols is 1. The highest BCUT2D eigenvalue weighted by atomic mass is 19.1. The van der Waals surface area contributed by atoms with Crippen LogP contribution >= 0.6 is 0 Å². The molecule has 5 heteroatoms. The van der Waals surface area contributed by atoms with Crippen molar-refractivity contribution in [2.45, 2.75) is 12.3 Å². The van der Waals surface area contributed by atoms with Crippen molar-refractivity contribution in [1.29, 1.82) is 0 Å². The van der Waals surface area contributed by atoms with Gasteiger partial charge in [0, 0.05) is 0 Å². The zero-order valence-corrected chi connectivity index (χ0v) is 11.4. The topological polar surface area (TPSA) is 66.8 Å². The molecule has 0 aliphatic rings. The number of methoxy groups -OCH3 is 1. The number of halogens is 1. The zero-order chi connectivity index (χ0) is 15.4. The largest absolute Gasteiger partial charge is 0.504 e. The van der Waals surface area contributed by atoms with Gasteiger partial charge >= 0.3 is 5.97 Å². The molecule has 0 spiro atoms. The summed E-state index contributed by atoms with van der Waals surface area (Å²) in [5.41, 5.74) is 1.17. The van der Waals surface area contributed by atoms with Gasteiger partial charge in [0.05, 0.1) is 13.0 Å². The Hall–Kier alpha value is -2.56. The molecule has 110 valence electrons. The summed E-state index contributed by atoms with van der Waals surface area (Å²) in [6, 6.07) is 10.1. The molecule has 0 aliphatic heterocycles. The SMILES string of the molecule is COc1ccc(CC(C(=O)O)c2ccc(F)cc2)cc1O. The zero-order valence-electron chi connectivity index (χ0n) is 11.4. The van der Waals surface area contributed by atoms with Gasteiger partial charge < -0.3 is 14.9 Å². The number of carboxylic acids is 1. The van der Waals surface area contributed by atoms with E-state index >= 15 is 0 Å². The molecule has 0 heterocycles. The number of hydrogen-bond acceptors (Lipinski definition) is 3. The van der Waals surface area contributed by atoms with E-state index in [0.29, 0.717) is 16.9 Å². The van der Waals surface area contributed by atoms with Gasteiger partial charge in [-0.2, -0.15) is 0 Å². The van der Waals surface area contributed by atoms with Gasteiger partial charge in [-0.25, -0.2) is 4.39 Å². The van der Waals surface area contributed by atoms with Gasteiger partial charge in [-0.1, -0.05) is 18.2 Å². The molecule has 0 radical (unpaired) electrons. The van der Waals surface area contributed by atoms with E-state index in [0.717, 1.165) is 0 Å². The molecule has 2 N–H and O–H groups in total. The second-order valence-corrected chi connectivity index (χ2v) is 4.65. The van der Waals surface area contributed by atoms with E-state index in [-0.39, 0.29) is 12.2 Å². The number of phenolic OH excluding ortho intramolecular Hbond substituents is 1. The van der Waals surface area contributed by atoms with Crippen molar-refractivity contribution in [2.24, 2.45) is 0 Å². The summed E-state index contributed by atoms with van der Waals surface area (Å²) >= 11 is 0. The predicted octanol–water partition coefficient (Wildman–Crippen LogP) is 2.95. The van der Waals surface area contributed by atoms with Gasteiger partial charge in [0.1, 0.15) is 5.82 Å². The molecule has 0 saturated carbocycles. The maximum atomic E-state index is 12.9. The lowest BCUT2D eigenvalue weighted by Gasteiger charge is -2.14. The summed E-state index contributed by atoms with van der Waals surface area (Å²) in [7, 11) is 1.44. The lowest BCUT2D eigenvalue weighted by Crippen LogP contribution is -2.14. The van der Waals surface area contributed by atoms with E-state index < -0.39 is 17.7 Å². The first-order valence-corrected chi connectivity index (χ1v) is 6.35. The second-order valence-electron chi connectivity index (χ2n) is 4.65. The molecule has 0 bridgehead atoms. The van der Waals surface area contributed by atoms with Crippen LogP contribution in [0.4, 0.5) is 4.39 Å². The first kappa shape index (κ1) is 14.8. The molecule has 0 aromatic heterocycles. The highest BCUT2D eigenvalue weighted by Crippen LogP contribution is 2.29. The van der Waals surface area contributed by atoms with Crippen LogP contribution < -0.4 is 4.74 Å². The van der Waals surface area contributed by atoms with Gasteiger partial charge in [0.2, 0.25) is 0 Å². The standard InChI is InChI=1S/C16H15FO4/c1-21-15-7-2-10(9-14(15)18)8-13(16(19)20)11-3-5-12(17)6-4-11/h2-7,9,13,18H,8H2,1H3,(H,19,20). The Balaban J connectivity index is 2.26. The van der Waals surface area contributed by atoms with Crippen LogP contribution in [0.1, 0.15) is 17.0 Å². The predicted molar refractivity (Wildman–Crippen MR) is 75.1 cm³/mol. The first-order valence-electron chi connectivity index (χ1n) is 6.35. The van der Waals surface area contributed by atoms with Crippen LogP contribution in [-0.4, -0.2) is 23.3 Å². The van der Waals surface area contributed by atoms with Gasteiger partial charge in [0.25, 0.3) is 0 Å². The van der Waals surface area contributed by atoms with Crippen LogP contribution in [0.2, 0.25) is 0 Å². The minimum absolute atomic E-state index is 0.0433. The Morgan fingerprint density at radius 3 is 2.43 bits per heavy atom. The molecule has 1 unspecified atom stereocenters. The van der Waals surface area contributed by atoms with Crippen LogP contribution in [0.25, 0.3) is 0 Å². The molecule has 4 nitrogen and oxygen atoms in total. The maximum absolute atomic E-state index is 12.9. The minimum Gasteiger partial charge on any atom is -0.504 e. The molecule has 0 amide bonds. The van der Waals surface area contributed by atoms with Crippen LogP contribution in [-0.2, 0) is 11.2 Å². The monoisotopic (exact) mass is 290 g/mol. The first-order chi connectivity index (χ1) is 10.0. The molecular formula is C16H15FO4. The van der Waals surface area contributed by atoms with Crippen LogP contribution in [0.5, 0.6) is 11.5 Å². The summed E-state index contributed by atoms with van der Waals surface area (Å²) < 4.78 is 17.9. The highest BCUT2D eigenvalue weighted by molar-refractivity contribution is 5.76. The molecule has 2 aromatic rings. The fraction of sp³-hybridized carbons (Fsp3) is 0.188. The van der Waals surface area contributed by atoms with Gasteiger partial charge in [-0.05, 0) is 41.8 Å². The van der Waals surface area contributed by atoms with E-state index in [1.54, 1.807) is 12.1 Å². The normalized spacial score (nSPS) is 11.9. The number of carboxylic acid groups (broad SMARTS) is 1. The van der Waals surface area contributed by atoms with E-state index in [9.17, 15) is 19.4 Å². The molecule has 0 saturated heterocycles. The third-order valence-corrected chi connectivity index (χ3v) is 3.25. The molecule has 0 fully saturated rings. The van der Waals surface area contributed by atoms with Gasteiger partial charge in [0.15, 0.2) is 11.5 Å². The number of carbonyl (C=O) groups is 1. The fourth-order valence-corrected chi connectivity index (χ4v) is 2.14. The average Bonchev–Trinajstić information content (AvgIpc) is 2.46. The summed E-state index contributed by atoms with van der Waals surface area (Å²) in [6.45, 7) is 0. The lowest BCUT2D eigenvalue weighted by molar-refractivity contribution is -0.138. The maximum Gasteiger partial charge on any atom is 0.311 e. The molecule has 2 rings (SSSR count). The molecule has 2 aromatic carbocycles. The van der Waals surface area contributed by atoms with Crippen LogP contribution in [0, 0.1) is 5.82 Å². The van der Waals surface area contributed by atoms with E-state index in [1.165, 1.54) is 37.4 Å². The molecule has 0 aliphatic carbocycles. The fourth-order valence-electron chi connectivity index (χ4n) is 2.14. The summed E-state index contributed by atoms with van der Waals surface area (Å²) in [5.74, 6) is -1.94. The Kier molecular flexibility index (Phi) is 4.42. The summed E-state index contributed by atoms with van der Waals surface area (Å²) in [4.78, 5) is 11.4. The van der Waals surface area contributed by atoms with Crippen LogP contribution in [0.15, 0.2) is 42.5 Å². The van der Waals surface area contributed by atoms with Crippen molar-refractivity contribution in [1.82, 2.24) is 0 Å². The van der Waals surface area contributed by atoms with Crippen molar-refractivity contribution in [2.75, 3.05) is 7.11 Å². The van der Waals surface area contributed by atoms with Crippen molar-refractivity contribution in [3.8, 4) is 11.5 Å². The Morgan fingerprint density at radius 2 is 1.90 bits per heavy atom. The number of aliphatic carboxylic acids is 1. The van der Waals surface area contributed by atoms with E-state index in [1.807, 2.05) is 0 Å². The second kappa shape index (κ2) is 6.26. The molecule has 1 atom stereocenters. The quantitative estimate of drug-likeness (QED) is 0.888. The average molecular weight is 290 g/mol. The number of rotatable bonds is 5. The Labute approximate surface area is 121 Å². The van der Waals surface area contributed by atoms with Crippen molar-refractivity contribution in [3.63, 3.8) is 0 Å². The summed E-state index contributed by atoms with van der Waals surface area (Å²) in [6.07, 6.45) is 0.193. The minimum atomic E-state index is -1.00. The van der Waals surface area contributed by atoms with Crippen molar-refractivity contribution in [3.05, 3.63) is 59.4 Å². The van der Waals surface area contributed by atoms with E-state index in [4.69, 9.17) is 4.74 Å².